The molecule has 11 nitrogen and oxygen atoms in total. The van der Waals surface area contributed by atoms with E-state index in [1.165, 1.54) is 12.8 Å². The lowest BCUT2D eigenvalue weighted by molar-refractivity contribution is 0.378. The fourth-order valence-electron chi connectivity index (χ4n) is 0.204. The predicted molar refractivity (Wildman–Crippen MR) is 62.4 cm³/mol. The minimum absolute atomic E-state index is 0. The summed E-state index contributed by atoms with van der Waals surface area (Å²) in [6.45, 7) is 2.98. The Balaban J connectivity index is -0.0000000400. The average molecular weight is 303 g/mol. The SMILES string of the molecule is CCCCN.N.N.O=S(=O)(O)O.O=S(=O)(O)O. The number of unbranched alkanes of at least 4 members (excludes halogenated alkanes) is 1. The van der Waals surface area contributed by atoms with Gasteiger partial charge >= 0.3 is 20.8 Å². The highest BCUT2D eigenvalue weighted by Crippen LogP contribution is 1.77. The maximum Gasteiger partial charge on any atom is 0.394 e. The van der Waals surface area contributed by atoms with Crippen molar-refractivity contribution in [3.8, 4) is 0 Å². The molecule has 0 rings (SSSR count). The van der Waals surface area contributed by atoms with E-state index < -0.39 is 20.8 Å². The second-order valence-corrected chi connectivity index (χ2v) is 3.83. The van der Waals surface area contributed by atoms with Crippen molar-refractivity contribution < 1.29 is 35.0 Å². The third-order valence-electron chi connectivity index (χ3n) is 0.558. The van der Waals surface area contributed by atoms with Crippen molar-refractivity contribution in [1.29, 1.82) is 0 Å². The monoisotopic (exact) mass is 303 g/mol. The van der Waals surface area contributed by atoms with Crippen LogP contribution in [0.2, 0.25) is 0 Å². The van der Waals surface area contributed by atoms with Gasteiger partial charge in [0.15, 0.2) is 0 Å². The summed E-state index contributed by atoms with van der Waals surface area (Å²) in [6.07, 6.45) is 2.39. The largest absolute Gasteiger partial charge is 0.394 e. The van der Waals surface area contributed by atoms with Crippen molar-refractivity contribution in [3.05, 3.63) is 0 Å². The Morgan fingerprint density at radius 1 is 0.882 bits per heavy atom. The molecule has 0 aromatic heterocycles. The smallest absolute Gasteiger partial charge is 0.344 e. The molecule has 0 aliphatic rings. The Bertz CT molecular complexity index is 264. The van der Waals surface area contributed by atoms with Crippen LogP contribution in [0.25, 0.3) is 0 Å². The van der Waals surface area contributed by atoms with Crippen molar-refractivity contribution in [2.75, 3.05) is 6.54 Å². The molecule has 0 aliphatic carbocycles. The fourth-order valence-corrected chi connectivity index (χ4v) is 0.204. The first-order valence-corrected chi connectivity index (χ1v) is 6.31. The number of hydrogen-bond acceptors (Lipinski definition) is 7. The summed E-state index contributed by atoms with van der Waals surface area (Å²) >= 11 is 0. The van der Waals surface area contributed by atoms with E-state index in [1.807, 2.05) is 0 Å². The first-order chi connectivity index (χ1) is 6.41. The van der Waals surface area contributed by atoms with E-state index in [9.17, 15) is 0 Å². The van der Waals surface area contributed by atoms with Gasteiger partial charge in [0.1, 0.15) is 0 Å². The van der Waals surface area contributed by atoms with E-state index in [4.69, 9.17) is 40.8 Å². The van der Waals surface area contributed by atoms with Crippen LogP contribution >= 0.6 is 0 Å². The Hall–Kier alpha value is -0.380. The molecule has 0 fully saturated rings. The Morgan fingerprint density at radius 3 is 1.06 bits per heavy atom. The van der Waals surface area contributed by atoms with E-state index in [0.717, 1.165) is 6.54 Å². The molecule has 0 unspecified atom stereocenters. The third-order valence-corrected chi connectivity index (χ3v) is 0.558. The van der Waals surface area contributed by atoms with E-state index in [0.29, 0.717) is 0 Å². The normalized spacial score (nSPS) is 9.29. The van der Waals surface area contributed by atoms with Gasteiger partial charge in [0.25, 0.3) is 0 Å². The number of nitrogens with two attached hydrogens (primary N) is 1. The molecule has 0 aromatic carbocycles. The first-order valence-electron chi connectivity index (χ1n) is 3.51. The van der Waals surface area contributed by atoms with Crippen molar-refractivity contribution in [2.24, 2.45) is 5.73 Å². The summed E-state index contributed by atoms with van der Waals surface area (Å²) in [5.74, 6) is 0. The minimum atomic E-state index is -4.67. The van der Waals surface area contributed by atoms with Crippen LogP contribution in [0.4, 0.5) is 0 Å². The van der Waals surface area contributed by atoms with Crippen LogP contribution in [0.1, 0.15) is 19.8 Å². The van der Waals surface area contributed by atoms with Gasteiger partial charge in [-0.2, -0.15) is 16.8 Å². The van der Waals surface area contributed by atoms with Gasteiger partial charge in [-0.15, -0.1) is 0 Å². The van der Waals surface area contributed by atoms with Crippen molar-refractivity contribution in [1.82, 2.24) is 12.3 Å². The lowest BCUT2D eigenvalue weighted by Crippen LogP contribution is -1.95. The Labute approximate surface area is 101 Å². The van der Waals surface area contributed by atoms with Crippen molar-refractivity contribution in [2.45, 2.75) is 19.8 Å². The zero-order valence-corrected chi connectivity index (χ0v) is 11.0. The second kappa shape index (κ2) is 15.6. The molecule has 12 N–H and O–H groups in total. The first kappa shape index (κ1) is 30.0. The molecule has 0 heterocycles. The molecule has 0 spiro atoms. The van der Waals surface area contributed by atoms with Gasteiger partial charge in [0, 0.05) is 0 Å². The Morgan fingerprint density at radius 2 is 1.06 bits per heavy atom. The van der Waals surface area contributed by atoms with Gasteiger partial charge in [0.05, 0.1) is 0 Å². The van der Waals surface area contributed by atoms with Crippen molar-refractivity contribution >= 4 is 20.8 Å². The predicted octanol–water partition coefficient (Wildman–Crippen LogP) is -0.236. The third kappa shape index (κ3) is 1100. The van der Waals surface area contributed by atoms with Crippen LogP contribution in [0, 0.1) is 0 Å². The van der Waals surface area contributed by atoms with E-state index in [1.54, 1.807) is 0 Å². The second-order valence-electron chi connectivity index (χ2n) is 2.04. The molecule has 0 atom stereocenters. The van der Waals surface area contributed by atoms with Crippen molar-refractivity contribution in [3.63, 3.8) is 0 Å². The summed E-state index contributed by atoms with van der Waals surface area (Å²) in [7, 11) is -9.33. The van der Waals surface area contributed by atoms with Crippen LogP contribution < -0.4 is 18.0 Å². The molecule has 0 saturated carbocycles. The molecular formula is C4H21N3O8S2. The molecular weight excluding hydrogens is 282 g/mol. The lowest BCUT2D eigenvalue weighted by atomic mass is 10.3. The van der Waals surface area contributed by atoms with E-state index >= 15 is 0 Å². The molecule has 0 aromatic rings. The summed E-state index contributed by atoms with van der Waals surface area (Å²) in [4.78, 5) is 0. The maximum absolute atomic E-state index is 8.74. The zero-order chi connectivity index (χ0) is 13.1. The topological polar surface area (TPSA) is 245 Å². The van der Waals surface area contributed by atoms with Crippen LogP contribution in [-0.4, -0.2) is 41.6 Å². The van der Waals surface area contributed by atoms with Gasteiger partial charge < -0.3 is 18.0 Å². The summed E-state index contributed by atoms with van der Waals surface area (Å²) in [5.41, 5.74) is 5.14. The highest BCUT2D eigenvalue weighted by atomic mass is 32.3. The molecule has 0 saturated heterocycles. The zero-order valence-electron chi connectivity index (χ0n) is 9.35. The summed E-state index contributed by atoms with van der Waals surface area (Å²) in [6, 6.07) is 0. The molecule has 13 heteroatoms. The highest BCUT2D eigenvalue weighted by molar-refractivity contribution is 7.80. The van der Waals surface area contributed by atoms with Gasteiger partial charge in [0.2, 0.25) is 0 Å². The van der Waals surface area contributed by atoms with Gasteiger partial charge in [-0.05, 0) is 13.0 Å². The molecule has 0 radical (unpaired) electrons. The maximum atomic E-state index is 8.74. The molecule has 0 amide bonds. The van der Waals surface area contributed by atoms with Crippen LogP contribution in [0.15, 0.2) is 0 Å². The van der Waals surface area contributed by atoms with Gasteiger partial charge in [-0.3, -0.25) is 18.2 Å². The summed E-state index contributed by atoms with van der Waals surface area (Å²) in [5, 5.41) is 0. The number of hydrogen-bond donors (Lipinski definition) is 7. The van der Waals surface area contributed by atoms with Crippen LogP contribution in [-0.2, 0) is 20.8 Å². The average Bonchev–Trinajstić information content (AvgIpc) is 1.80. The van der Waals surface area contributed by atoms with Gasteiger partial charge in [-0.1, -0.05) is 13.3 Å². The Kier molecular flexibility index (Phi) is 27.6. The minimum Gasteiger partial charge on any atom is -0.344 e. The number of rotatable bonds is 2. The molecule has 112 valence electrons. The highest BCUT2D eigenvalue weighted by Gasteiger charge is 1.85. The van der Waals surface area contributed by atoms with E-state index in [-0.39, 0.29) is 12.3 Å². The molecule has 0 aliphatic heterocycles. The standard InChI is InChI=1S/C4H11N.2H3N.2H2O4S/c1-2-3-4-5;;;2*1-5(2,3)4/h2-5H2,1H3;2*1H3;2*(H2,1,2,3,4). The van der Waals surface area contributed by atoms with Crippen LogP contribution in [0.5, 0.6) is 0 Å². The lowest BCUT2D eigenvalue weighted by Gasteiger charge is -1.80. The molecule has 17 heavy (non-hydrogen) atoms. The summed E-state index contributed by atoms with van der Waals surface area (Å²) < 4.78 is 63.2. The quantitative estimate of drug-likeness (QED) is 0.328. The molecule has 0 bridgehead atoms. The van der Waals surface area contributed by atoms with E-state index in [2.05, 4.69) is 6.92 Å². The van der Waals surface area contributed by atoms with Crippen LogP contribution in [0.3, 0.4) is 0 Å². The fraction of sp³-hybridized carbons (Fsp3) is 1.00. The van der Waals surface area contributed by atoms with Gasteiger partial charge in [-0.25, -0.2) is 0 Å².